The maximum Gasteiger partial charge on any atom is 0.197 e. The lowest BCUT2D eigenvalue weighted by Gasteiger charge is -2.00. The molecule has 0 spiro atoms. The Kier molecular flexibility index (Phi) is 2.65. The molecule has 0 amide bonds. The summed E-state index contributed by atoms with van der Waals surface area (Å²) in [5.74, 6) is 0. The van der Waals surface area contributed by atoms with Gasteiger partial charge in [0.05, 0.1) is 5.56 Å². The second-order valence-corrected chi connectivity index (χ2v) is 3.75. The fraction of sp³-hybridized carbons (Fsp3) is 0.111. The summed E-state index contributed by atoms with van der Waals surface area (Å²) < 4.78 is 1.78. The van der Waals surface area contributed by atoms with Gasteiger partial charge in [0.1, 0.15) is 17.4 Å². The predicted octanol–water partition coefficient (Wildman–Crippen LogP) is 1.23. The van der Waals surface area contributed by atoms with Crippen molar-refractivity contribution in [3.8, 4) is 6.07 Å². The average Bonchev–Trinajstić information content (AvgIpc) is 2.65. The van der Waals surface area contributed by atoms with Crippen LogP contribution in [0.1, 0.15) is 5.56 Å². The number of pyridine rings is 1. The number of rotatable bonds is 2. The van der Waals surface area contributed by atoms with Crippen molar-refractivity contribution < 1.29 is 0 Å². The van der Waals surface area contributed by atoms with Crippen LogP contribution in [0.15, 0.2) is 34.8 Å². The summed E-state index contributed by atoms with van der Waals surface area (Å²) >= 11 is 1.33. The van der Waals surface area contributed by atoms with Gasteiger partial charge in [-0.3, -0.25) is 0 Å². The van der Waals surface area contributed by atoms with E-state index in [0.29, 0.717) is 15.7 Å². The summed E-state index contributed by atoms with van der Waals surface area (Å²) in [6, 6.07) is 5.55. The van der Waals surface area contributed by atoms with Crippen molar-refractivity contribution in [2.75, 3.05) is 0 Å². The number of aromatic nitrogens is 4. The Morgan fingerprint density at radius 3 is 3.07 bits per heavy atom. The largest absolute Gasteiger partial charge is 0.311 e. The second-order valence-electron chi connectivity index (χ2n) is 2.79. The maximum absolute atomic E-state index is 8.87. The van der Waals surface area contributed by atoms with Crippen LogP contribution in [0.4, 0.5) is 0 Å². The standard InChI is InChI=1S/C9H7N5S/c1-14-6-12-13-9(14)15-8-7(5-10)3-2-4-11-8/h2-4,6H,1H3. The van der Waals surface area contributed by atoms with E-state index >= 15 is 0 Å². The molecule has 0 atom stereocenters. The van der Waals surface area contributed by atoms with Crippen LogP contribution < -0.4 is 0 Å². The molecule has 0 aliphatic carbocycles. The van der Waals surface area contributed by atoms with Gasteiger partial charge in [-0.15, -0.1) is 10.2 Å². The van der Waals surface area contributed by atoms with Gasteiger partial charge in [0.15, 0.2) is 5.16 Å². The zero-order chi connectivity index (χ0) is 10.7. The quantitative estimate of drug-likeness (QED) is 0.756. The van der Waals surface area contributed by atoms with E-state index in [-0.39, 0.29) is 0 Å². The Morgan fingerprint density at radius 2 is 2.40 bits per heavy atom. The molecule has 0 radical (unpaired) electrons. The molecule has 2 aromatic heterocycles. The lowest BCUT2D eigenvalue weighted by molar-refractivity contribution is 0.787. The molecule has 6 heteroatoms. The molecule has 2 aromatic rings. The normalized spacial score (nSPS) is 9.87. The third kappa shape index (κ3) is 1.97. The van der Waals surface area contributed by atoms with E-state index < -0.39 is 0 Å². The van der Waals surface area contributed by atoms with Crippen LogP contribution >= 0.6 is 11.8 Å². The summed E-state index contributed by atoms with van der Waals surface area (Å²) in [5, 5.41) is 17.9. The van der Waals surface area contributed by atoms with Crippen molar-refractivity contribution in [3.63, 3.8) is 0 Å². The minimum atomic E-state index is 0.547. The van der Waals surface area contributed by atoms with Gasteiger partial charge < -0.3 is 4.57 Å². The van der Waals surface area contributed by atoms with Crippen molar-refractivity contribution in [2.45, 2.75) is 10.2 Å². The van der Waals surface area contributed by atoms with Crippen LogP contribution in [-0.2, 0) is 7.05 Å². The SMILES string of the molecule is Cn1cnnc1Sc1ncccc1C#N. The van der Waals surface area contributed by atoms with E-state index in [9.17, 15) is 0 Å². The maximum atomic E-state index is 8.87. The van der Waals surface area contributed by atoms with Gasteiger partial charge in [-0.2, -0.15) is 5.26 Å². The van der Waals surface area contributed by atoms with Crippen LogP contribution in [0.3, 0.4) is 0 Å². The summed E-state index contributed by atoms with van der Waals surface area (Å²) in [6.45, 7) is 0. The van der Waals surface area contributed by atoms with Crippen LogP contribution in [0.25, 0.3) is 0 Å². The van der Waals surface area contributed by atoms with E-state index in [0.717, 1.165) is 0 Å². The highest BCUT2D eigenvalue weighted by molar-refractivity contribution is 7.99. The highest BCUT2D eigenvalue weighted by Crippen LogP contribution is 2.25. The molecule has 0 saturated heterocycles. The number of hydrogen-bond acceptors (Lipinski definition) is 5. The summed E-state index contributed by atoms with van der Waals surface area (Å²) in [7, 11) is 1.84. The topological polar surface area (TPSA) is 67.4 Å². The van der Waals surface area contributed by atoms with Crippen molar-refractivity contribution in [1.29, 1.82) is 5.26 Å². The van der Waals surface area contributed by atoms with Crippen LogP contribution in [0, 0.1) is 11.3 Å². The Balaban J connectivity index is 2.33. The van der Waals surface area contributed by atoms with Crippen LogP contribution in [-0.4, -0.2) is 19.7 Å². The predicted molar refractivity (Wildman–Crippen MR) is 54.1 cm³/mol. The minimum absolute atomic E-state index is 0.547. The highest BCUT2D eigenvalue weighted by atomic mass is 32.2. The van der Waals surface area contributed by atoms with Crippen LogP contribution in [0.5, 0.6) is 0 Å². The Bertz CT molecular complexity index is 513. The first kappa shape index (κ1) is 9.68. The lowest BCUT2D eigenvalue weighted by Crippen LogP contribution is -1.91. The van der Waals surface area contributed by atoms with Crippen molar-refractivity contribution in [1.82, 2.24) is 19.7 Å². The Labute approximate surface area is 90.8 Å². The molecule has 0 aliphatic heterocycles. The smallest absolute Gasteiger partial charge is 0.197 e. The molecule has 74 valence electrons. The summed E-state index contributed by atoms with van der Waals surface area (Å²) in [6.07, 6.45) is 3.26. The zero-order valence-corrected chi connectivity index (χ0v) is 8.77. The third-order valence-electron chi connectivity index (χ3n) is 1.75. The summed E-state index contributed by atoms with van der Waals surface area (Å²) in [5.41, 5.74) is 0.547. The van der Waals surface area contributed by atoms with E-state index in [1.165, 1.54) is 11.8 Å². The van der Waals surface area contributed by atoms with E-state index in [4.69, 9.17) is 5.26 Å². The molecule has 0 N–H and O–H groups in total. The third-order valence-corrected chi connectivity index (χ3v) is 2.82. The number of hydrogen-bond donors (Lipinski definition) is 0. The van der Waals surface area contributed by atoms with E-state index in [1.807, 2.05) is 7.05 Å². The van der Waals surface area contributed by atoms with E-state index in [1.54, 1.807) is 29.2 Å². The molecule has 0 aromatic carbocycles. The van der Waals surface area contributed by atoms with Gasteiger partial charge >= 0.3 is 0 Å². The first-order valence-electron chi connectivity index (χ1n) is 4.18. The van der Waals surface area contributed by atoms with Gasteiger partial charge in [-0.05, 0) is 23.9 Å². The number of nitriles is 1. The monoisotopic (exact) mass is 217 g/mol. The average molecular weight is 217 g/mol. The van der Waals surface area contributed by atoms with Crippen LogP contribution in [0.2, 0.25) is 0 Å². The van der Waals surface area contributed by atoms with Gasteiger partial charge in [-0.1, -0.05) is 0 Å². The molecule has 0 saturated carbocycles. The highest BCUT2D eigenvalue weighted by Gasteiger charge is 2.08. The molecule has 0 bridgehead atoms. The van der Waals surface area contributed by atoms with E-state index in [2.05, 4.69) is 21.3 Å². The van der Waals surface area contributed by atoms with Gasteiger partial charge in [0.25, 0.3) is 0 Å². The minimum Gasteiger partial charge on any atom is -0.311 e. The molecule has 2 heterocycles. The fourth-order valence-electron chi connectivity index (χ4n) is 1.01. The molecule has 0 unspecified atom stereocenters. The molecule has 5 nitrogen and oxygen atoms in total. The van der Waals surface area contributed by atoms with Crippen molar-refractivity contribution in [3.05, 3.63) is 30.2 Å². The van der Waals surface area contributed by atoms with Crippen molar-refractivity contribution in [2.24, 2.45) is 7.05 Å². The van der Waals surface area contributed by atoms with Crippen molar-refractivity contribution >= 4 is 11.8 Å². The Hall–Kier alpha value is -1.87. The van der Waals surface area contributed by atoms with Gasteiger partial charge in [-0.25, -0.2) is 4.98 Å². The molecule has 0 fully saturated rings. The van der Waals surface area contributed by atoms with Gasteiger partial charge in [0.2, 0.25) is 0 Å². The molecule has 0 aliphatic rings. The molecule has 15 heavy (non-hydrogen) atoms. The molecular formula is C9H7N5S. The van der Waals surface area contributed by atoms with Gasteiger partial charge in [0, 0.05) is 13.2 Å². The summed E-state index contributed by atoms with van der Waals surface area (Å²) in [4.78, 5) is 4.12. The molecular weight excluding hydrogens is 210 g/mol. The first-order chi connectivity index (χ1) is 7.31. The Morgan fingerprint density at radius 1 is 1.53 bits per heavy atom. The number of aryl methyl sites for hydroxylation is 1. The first-order valence-corrected chi connectivity index (χ1v) is 5.00. The number of nitrogens with zero attached hydrogens (tertiary/aromatic N) is 5. The fourth-order valence-corrected chi connectivity index (χ4v) is 1.80. The second kappa shape index (κ2) is 4.11. The zero-order valence-electron chi connectivity index (χ0n) is 7.95. The molecule has 2 rings (SSSR count). The lowest BCUT2D eigenvalue weighted by atomic mass is 10.3.